The van der Waals surface area contributed by atoms with Crippen LogP contribution in [0.5, 0.6) is 0 Å². The van der Waals surface area contributed by atoms with Gasteiger partial charge in [0.1, 0.15) is 0 Å². The van der Waals surface area contributed by atoms with Crippen LogP contribution in [0.15, 0.2) is 6.20 Å². The normalized spacial score (nSPS) is 23.2. The maximum Gasteiger partial charge on any atom is 0.0522 e. The lowest BCUT2D eigenvalue weighted by atomic mass is 9.94. The highest BCUT2D eigenvalue weighted by molar-refractivity contribution is 5.20. The van der Waals surface area contributed by atoms with Gasteiger partial charge in [0.15, 0.2) is 0 Å². The van der Waals surface area contributed by atoms with Crippen molar-refractivity contribution in [1.82, 2.24) is 15.5 Å². The van der Waals surface area contributed by atoms with E-state index in [1.807, 2.05) is 13.2 Å². The van der Waals surface area contributed by atoms with Crippen molar-refractivity contribution >= 4 is 0 Å². The summed E-state index contributed by atoms with van der Waals surface area (Å²) in [6, 6.07) is 0.653. The van der Waals surface area contributed by atoms with E-state index < -0.39 is 0 Å². The largest absolute Gasteiger partial charge is 0.317 e. The SMILES string of the molecule is CNC1CCc2[nH]ncc2C1. The van der Waals surface area contributed by atoms with Crippen molar-refractivity contribution in [3.05, 3.63) is 17.5 Å². The predicted molar refractivity (Wildman–Crippen MR) is 43.5 cm³/mol. The predicted octanol–water partition coefficient (Wildman–Crippen LogP) is 0.486. The van der Waals surface area contributed by atoms with Crippen LogP contribution in [0, 0.1) is 0 Å². The molecule has 2 N–H and O–H groups in total. The number of nitrogens with zero attached hydrogens (tertiary/aromatic N) is 1. The van der Waals surface area contributed by atoms with Gasteiger partial charge in [-0.05, 0) is 31.9 Å². The van der Waals surface area contributed by atoms with Gasteiger partial charge in [0.2, 0.25) is 0 Å². The van der Waals surface area contributed by atoms with E-state index in [2.05, 4.69) is 15.5 Å². The molecule has 3 nitrogen and oxygen atoms in total. The molecule has 1 aromatic heterocycles. The first kappa shape index (κ1) is 6.85. The van der Waals surface area contributed by atoms with Crippen molar-refractivity contribution in [1.29, 1.82) is 0 Å². The van der Waals surface area contributed by atoms with Crippen LogP contribution in [-0.4, -0.2) is 23.3 Å². The average Bonchev–Trinajstić information content (AvgIpc) is 2.50. The standard InChI is InChI=1S/C8H13N3/c1-9-7-2-3-8-6(4-7)5-10-11-8/h5,7,9H,2-4H2,1H3,(H,10,11). The Morgan fingerprint density at radius 3 is 3.45 bits per heavy atom. The van der Waals surface area contributed by atoms with Gasteiger partial charge in [-0.2, -0.15) is 5.10 Å². The monoisotopic (exact) mass is 151 g/mol. The molecule has 0 spiro atoms. The van der Waals surface area contributed by atoms with Crippen molar-refractivity contribution in [2.45, 2.75) is 25.3 Å². The molecule has 1 heterocycles. The Bertz CT molecular complexity index is 241. The summed E-state index contributed by atoms with van der Waals surface area (Å²) in [5.41, 5.74) is 2.71. The first-order valence-electron chi connectivity index (χ1n) is 4.08. The smallest absolute Gasteiger partial charge is 0.0522 e. The maximum absolute atomic E-state index is 4.02. The molecule has 3 heteroatoms. The van der Waals surface area contributed by atoms with Gasteiger partial charge in [-0.15, -0.1) is 0 Å². The van der Waals surface area contributed by atoms with Gasteiger partial charge >= 0.3 is 0 Å². The molecule has 0 aromatic carbocycles. The van der Waals surface area contributed by atoms with Crippen LogP contribution < -0.4 is 5.32 Å². The second-order valence-electron chi connectivity index (χ2n) is 3.10. The van der Waals surface area contributed by atoms with Crippen LogP contribution in [0.2, 0.25) is 0 Å². The Balaban J connectivity index is 2.18. The minimum Gasteiger partial charge on any atom is -0.317 e. The minimum atomic E-state index is 0.653. The summed E-state index contributed by atoms with van der Waals surface area (Å²) in [5, 5.41) is 10.3. The fourth-order valence-electron chi connectivity index (χ4n) is 1.66. The number of aromatic nitrogens is 2. The maximum atomic E-state index is 4.02. The van der Waals surface area contributed by atoms with Gasteiger partial charge in [0, 0.05) is 11.7 Å². The number of aromatic amines is 1. The zero-order chi connectivity index (χ0) is 7.68. The Hall–Kier alpha value is -0.830. The van der Waals surface area contributed by atoms with Crippen molar-refractivity contribution in [3.8, 4) is 0 Å². The fraction of sp³-hybridized carbons (Fsp3) is 0.625. The van der Waals surface area contributed by atoms with E-state index in [4.69, 9.17) is 0 Å². The van der Waals surface area contributed by atoms with Gasteiger partial charge in [-0.25, -0.2) is 0 Å². The second kappa shape index (κ2) is 2.66. The minimum absolute atomic E-state index is 0.653. The van der Waals surface area contributed by atoms with Gasteiger partial charge in [-0.1, -0.05) is 0 Å². The number of fused-ring (bicyclic) bond motifs is 1. The molecule has 1 aromatic rings. The Morgan fingerprint density at radius 1 is 1.73 bits per heavy atom. The lowest BCUT2D eigenvalue weighted by Crippen LogP contribution is -2.31. The van der Waals surface area contributed by atoms with E-state index in [1.165, 1.54) is 17.7 Å². The summed E-state index contributed by atoms with van der Waals surface area (Å²) >= 11 is 0. The molecule has 0 amide bonds. The summed E-state index contributed by atoms with van der Waals surface area (Å²) in [4.78, 5) is 0. The summed E-state index contributed by atoms with van der Waals surface area (Å²) in [7, 11) is 2.02. The molecule has 0 saturated heterocycles. The average molecular weight is 151 g/mol. The number of likely N-dealkylation sites (N-methyl/N-ethyl adjacent to an activating group) is 1. The van der Waals surface area contributed by atoms with Crippen molar-refractivity contribution in [3.63, 3.8) is 0 Å². The summed E-state index contributed by atoms with van der Waals surface area (Å²) in [6.45, 7) is 0. The van der Waals surface area contributed by atoms with Crippen molar-refractivity contribution in [2.24, 2.45) is 0 Å². The summed E-state index contributed by atoms with van der Waals surface area (Å²) in [5.74, 6) is 0. The summed E-state index contributed by atoms with van der Waals surface area (Å²) < 4.78 is 0. The van der Waals surface area contributed by atoms with Crippen LogP contribution in [0.1, 0.15) is 17.7 Å². The molecule has 1 unspecified atom stereocenters. The molecule has 60 valence electrons. The van der Waals surface area contributed by atoms with E-state index in [1.54, 1.807) is 0 Å². The van der Waals surface area contributed by atoms with Gasteiger partial charge < -0.3 is 5.32 Å². The number of hydrogen-bond donors (Lipinski definition) is 2. The number of aryl methyl sites for hydroxylation is 1. The molecule has 1 atom stereocenters. The van der Waals surface area contributed by atoms with Crippen molar-refractivity contribution in [2.75, 3.05) is 7.05 Å². The van der Waals surface area contributed by atoms with E-state index in [0.29, 0.717) is 6.04 Å². The first-order valence-corrected chi connectivity index (χ1v) is 4.08. The van der Waals surface area contributed by atoms with Gasteiger partial charge in [0.05, 0.1) is 6.20 Å². The van der Waals surface area contributed by atoms with E-state index >= 15 is 0 Å². The molecule has 0 bridgehead atoms. The molecular weight excluding hydrogens is 138 g/mol. The topological polar surface area (TPSA) is 40.7 Å². The molecule has 11 heavy (non-hydrogen) atoms. The lowest BCUT2D eigenvalue weighted by Gasteiger charge is -2.20. The second-order valence-corrected chi connectivity index (χ2v) is 3.10. The lowest BCUT2D eigenvalue weighted by molar-refractivity contribution is 0.493. The van der Waals surface area contributed by atoms with E-state index in [9.17, 15) is 0 Å². The number of nitrogens with one attached hydrogen (secondary N) is 2. The molecule has 2 rings (SSSR count). The molecule has 0 radical (unpaired) electrons. The van der Waals surface area contributed by atoms with Crippen LogP contribution >= 0.6 is 0 Å². The third-order valence-electron chi connectivity index (χ3n) is 2.42. The Labute approximate surface area is 66.2 Å². The number of rotatable bonds is 1. The quantitative estimate of drug-likeness (QED) is 0.613. The Kier molecular flexibility index (Phi) is 1.66. The first-order chi connectivity index (χ1) is 5.40. The van der Waals surface area contributed by atoms with Crippen LogP contribution in [0.3, 0.4) is 0 Å². The molecule has 1 aliphatic rings. The highest BCUT2D eigenvalue weighted by Gasteiger charge is 2.17. The molecular formula is C8H13N3. The van der Waals surface area contributed by atoms with E-state index in [0.717, 1.165) is 12.8 Å². The number of H-pyrrole nitrogens is 1. The van der Waals surface area contributed by atoms with Crippen LogP contribution in [0.4, 0.5) is 0 Å². The third kappa shape index (κ3) is 1.16. The van der Waals surface area contributed by atoms with E-state index in [-0.39, 0.29) is 0 Å². The highest BCUT2D eigenvalue weighted by Crippen LogP contribution is 2.18. The molecule has 0 fully saturated rings. The van der Waals surface area contributed by atoms with Crippen LogP contribution in [0.25, 0.3) is 0 Å². The van der Waals surface area contributed by atoms with Crippen molar-refractivity contribution < 1.29 is 0 Å². The molecule has 0 saturated carbocycles. The zero-order valence-electron chi connectivity index (χ0n) is 6.72. The highest BCUT2D eigenvalue weighted by atomic mass is 15.1. The third-order valence-corrected chi connectivity index (χ3v) is 2.42. The Morgan fingerprint density at radius 2 is 2.64 bits per heavy atom. The van der Waals surface area contributed by atoms with Gasteiger partial charge in [0.25, 0.3) is 0 Å². The molecule has 1 aliphatic carbocycles. The molecule has 0 aliphatic heterocycles. The summed E-state index contributed by atoms with van der Waals surface area (Å²) in [6.07, 6.45) is 5.44. The fourth-order valence-corrected chi connectivity index (χ4v) is 1.66. The van der Waals surface area contributed by atoms with Gasteiger partial charge in [-0.3, -0.25) is 5.10 Å². The zero-order valence-corrected chi connectivity index (χ0v) is 6.72. The number of hydrogen-bond acceptors (Lipinski definition) is 2. The van der Waals surface area contributed by atoms with Crippen LogP contribution in [-0.2, 0) is 12.8 Å².